The minimum atomic E-state index is -0.255. The number of likely N-dealkylation sites (N-methyl/N-ethyl adjacent to an activating group) is 2. The van der Waals surface area contributed by atoms with E-state index in [9.17, 15) is 9.90 Å². The molecule has 0 aromatic heterocycles. The largest absolute Gasteiger partial charge is 0.392 e. The second kappa shape index (κ2) is 4.75. The van der Waals surface area contributed by atoms with E-state index in [0.717, 1.165) is 12.8 Å². The number of carbonyl (C=O) groups is 1. The molecule has 0 saturated heterocycles. The van der Waals surface area contributed by atoms with Crippen LogP contribution in [-0.4, -0.2) is 61.2 Å². The van der Waals surface area contributed by atoms with Crippen LogP contribution in [0.25, 0.3) is 0 Å². The van der Waals surface area contributed by atoms with Gasteiger partial charge in [0.1, 0.15) is 0 Å². The molecule has 1 amide bonds. The third-order valence-corrected chi connectivity index (χ3v) is 2.57. The number of rotatable bonds is 5. The molecule has 1 rings (SSSR count). The molecule has 1 fully saturated rings. The third-order valence-electron chi connectivity index (χ3n) is 2.57. The molecule has 0 aromatic rings. The van der Waals surface area contributed by atoms with Gasteiger partial charge in [0.2, 0.25) is 5.91 Å². The summed E-state index contributed by atoms with van der Waals surface area (Å²) in [7, 11) is 5.36. The van der Waals surface area contributed by atoms with Crippen LogP contribution in [0.4, 0.5) is 0 Å². The van der Waals surface area contributed by atoms with Gasteiger partial charge < -0.3 is 10.0 Å². The van der Waals surface area contributed by atoms with Crippen molar-refractivity contribution >= 4 is 5.91 Å². The summed E-state index contributed by atoms with van der Waals surface area (Å²) in [5.41, 5.74) is 0. The van der Waals surface area contributed by atoms with Crippen molar-refractivity contribution < 1.29 is 9.90 Å². The minimum Gasteiger partial charge on any atom is -0.392 e. The molecule has 0 heterocycles. The van der Waals surface area contributed by atoms with Gasteiger partial charge in [0.25, 0.3) is 0 Å². The van der Waals surface area contributed by atoms with Gasteiger partial charge in [-0.25, -0.2) is 0 Å². The van der Waals surface area contributed by atoms with Crippen LogP contribution in [0, 0.1) is 5.92 Å². The van der Waals surface area contributed by atoms with Crippen LogP contribution in [0.2, 0.25) is 0 Å². The van der Waals surface area contributed by atoms with Gasteiger partial charge >= 0.3 is 0 Å². The van der Waals surface area contributed by atoms with E-state index in [-0.39, 0.29) is 12.0 Å². The van der Waals surface area contributed by atoms with Crippen LogP contribution < -0.4 is 0 Å². The lowest BCUT2D eigenvalue weighted by Gasteiger charge is -2.21. The van der Waals surface area contributed by atoms with Crippen LogP contribution >= 0.6 is 0 Å². The van der Waals surface area contributed by atoms with E-state index in [1.54, 1.807) is 19.0 Å². The molecule has 0 aromatic carbocycles. The zero-order chi connectivity index (χ0) is 10.7. The molecule has 0 bridgehead atoms. The van der Waals surface area contributed by atoms with Crippen molar-refractivity contribution in [3.63, 3.8) is 0 Å². The van der Waals surface area contributed by atoms with Crippen LogP contribution in [0.1, 0.15) is 12.8 Å². The fourth-order valence-electron chi connectivity index (χ4n) is 1.39. The van der Waals surface area contributed by atoms with Crippen molar-refractivity contribution in [2.75, 3.05) is 34.2 Å². The Hall–Kier alpha value is -0.610. The Kier molecular flexibility index (Phi) is 3.89. The van der Waals surface area contributed by atoms with Crippen LogP contribution in [0.5, 0.6) is 0 Å². The lowest BCUT2D eigenvalue weighted by molar-refractivity contribution is -0.129. The van der Waals surface area contributed by atoms with Gasteiger partial charge in [-0.15, -0.1) is 0 Å². The number of carbonyl (C=O) groups excluding carboxylic acids is 1. The van der Waals surface area contributed by atoms with Gasteiger partial charge in [-0.2, -0.15) is 0 Å². The monoisotopic (exact) mass is 200 g/mol. The highest BCUT2D eigenvalue weighted by Crippen LogP contribution is 2.32. The zero-order valence-electron chi connectivity index (χ0n) is 9.23. The molecule has 1 saturated carbocycles. The van der Waals surface area contributed by atoms with Crippen LogP contribution in [0.15, 0.2) is 0 Å². The van der Waals surface area contributed by atoms with E-state index in [0.29, 0.717) is 19.0 Å². The molecule has 0 aliphatic heterocycles. The fraction of sp³-hybridized carbons (Fsp3) is 0.900. The average Bonchev–Trinajstić information content (AvgIpc) is 2.85. The first-order valence-electron chi connectivity index (χ1n) is 5.07. The van der Waals surface area contributed by atoms with Crippen molar-refractivity contribution in [2.24, 2.45) is 5.92 Å². The molecule has 4 nitrogen and oxygen atoms in total. The number of amides is 1. The summed E-state index contributed by atoms with van der Waals surface area (Å²) >= 11 is 0. The average molecular weight is 200 g/mol. The molecule has 14 heavy (non-hydrogen) atoms. The van der Waals surface area contributed by atoms with Gasteiger partial charge in [0, 0.05) is 20.6 Å². The molecule has 1 unspecified atom stereocenters. The topological polar surface area (TPSA) is 43.8 Å². The lowest BCUT2D eigenvalue weighted by atomic mass is 10.2. The van der Waals surface area contributed by atoms with E-state index in [1.807, 2.05) is 11.9 Å². The summed E-state index contributed by atoms with van der Waals surface area (Å²) in [4.78, 5) is 14.8. The van der Waals surface area contributed by atoms with Gasteiger partial charge in [-0.1, -0.05) is 0 Å². The molecule has 82 valence electrons. The van der Waals surface area contributed by atoms with Crippen molar-refractivity contribution in [3.05, 3.63) is 0 Å². The summed E-state index contributed by atoms with van der Waals surface area (Å²) in [6.45, 7) is 0.987. The number of aliphatic hydroxyl groups excluding tert-OH is 1. The molecule has 1 aliphatic carbocycles. The predicted molar refractivity (Wildman–Crippen MR) is 54.9 cm³/mol. The number of nitrogens with zero attached hydrogens (tertiary/aromatic N) is 2. The summed E-state index contributed by atoms with van der Waals surface area (Å²) in [6, 6.07) is 0. The highest BCUT2D eigenvalue weighted by atomic mass is 16.3. The molecule has 0 spiro atoms. The van der Waals surface area contributed by atoms with Crippen molar-refractivity contribution in [1.82, 2.24) is 9.80 Å². The van der Waals surface area contributed by atoms with Gasteiger partial charge in [-0.3, -0.25) is 9.69 Å². The normalized spacial score (nSPS) is 18.4. The molecule has 1 atom stereocenters. The number of aliphatic hydroxyl groups is 1. The molecule has 4 heteroatoms. The molecule has 0 radical (unpaired) electrons. The van der Waals surface area contributed by atoms with Gasteiger partial charge in [0.05, 0.1) is 12.6 Å². The Morgan fingerprint density at radius 1 is 1.43 bits per heavy atom. The standard InChI is InChI=1S/C10H20N2O2/c1-11(2)10(14)7-12(3)6-9(13)8-4-5-8/h8-9,13H,4-7H2,1-3H3. The maximum Gasteiger partial charge on any atom is 0.236 e. The second-order valence-corrected chi connectivity index (χ2v) is 4.39. The molecule has 1 N–H and O–H groups in total. The summed E-state index contributed by atoms with van der Waals surface area (Å²) in [5, 5.41) is 9.64. The van der Waals surface area contributed by atoms with Crippen LogP contribution in [-0.2, 0) is 4.79 Å². The second-order valence-electron chi connectivity index (χ2n) is 4.39. The maximum atomic E-state index is 11.3. The van der Waals surface area contributed by atoms with Crippen molar-refractivity contribution in [1.29, 1.82) is 0 Å². The summed E-state index contributed by atoms with van der Waals surface area (Å²) in [5.74, 6) is 0.558. The van der Waals surface area contributed by atoms with Crippen molar-refractivity contribution in [3.8, 4) is 0 Å². The van der Waals surface area contributed by atoms with Crippen LogP contribution in [0.3, 0.4) is 0 Å². The Balaban J connectivity index is 2.20. The van der Waals surface area contributed by atoms with E-state index < -0.39 is 0 Å². The van der Waals surface area contributed by atoms with E-state index in [1.165, 1.54) is 0 Å². The maximum absolute atomic E-state index is 11.3. The highest BCUT2D eigenvalue weighted by Gasteiger charge is 2.30. The van der Waals surface area contributed by atoms with Gasteiger partial charge in [-0.05, 0) is 25.8 Å². The smallest absolute Gasteiger partial charge is 0.236 e. The third kappa shape index (κ3) is 3.64. The summed E-state index contributed by atoms with van der Waals surface area (Å²) in [6.07, 6.45) is 2.02. The van der Waals surface area contributed by atoms with Gasteiger partial charge in [0.15, 0.2) is 0 Å². The molecule has 1 aliphatic rings. The first kappa shape index (κ1) is 11.5. The van der Waals surface area contributed by atoms with E-state index >= 15 is 0 Å². The van der Waals surface area contributed by atoms with E-state index in [4.69, 9.17) is 0 Å². The first-order valence-corrected chi connectivity index (χ1v) is 5.07. The zero-order valence-corrected chi connectivity index (χ0v) is 9.23. The van der Waals surface area contributed by atoms with Crippen molar-refractivity contribution in [2.45, 2.75) is 18.9 Å². The lowest BCUT2D eigenvalue weighted by Crippen LogP contribution is -2.38. The Morgan fingerprint density at radius 2 is 2.00 bits per heavy atom. The number of hydrogen-bond donors (Lipinski definition) is 1. The minimum absolute atomic E-state index is 0.0792. The van der Waals surface area contributed by atoms with E-state index in [2.05, 4.69) is 0 Å². The molecular formula is C10H20N2O2. The Bertz CT molecular complexity index is 202. The highest BCUT2D eigenvalue weighted by molar-refractivity contribution is 5.77. The first-order chi connectivity index (χ1) is 6.50. The quantitative estimate of drug-likeness (QED) is 0.667. The Morgan fingerprint density at radius 3 is 2.43 bits per heavy atom. The predicted octanol–water partition coefficient (Wildman–Crippen LogP) is -0.223. The fourth-order valence-corrected chi connectivity index (χ4v) is 1.39. The summed E-state index contributed by atoms with van der Waals surface area (Å²) < 4.78 is 0. The Labute approximate surface area is 85.5 Å². The SMILES string of the molecule is CN(CC(=O)N(C)C)CC(O)C1CC1. The molecular weight excluding hydrogens is 180 g/mol. The number of hydrogen-bond acceptors (Lipinski definition) is 3.